The Labute approximate surface area is 118 Å². The van der Waals surface area contributed by atoms with Crippen molar-refractivity contribution in [2.45, 2.75) is 27.7 Å². The monoisotopic (exact) mass is 276 g/mol. The van der Waals surface area contributed by atoms with E-state index in [9.17, 15) is 9.59 Å². The van der Waals surface area contributed by atoms with Gasteiger partial charge in [0.2, 0.25) is 5.91 Å². The Hall–Kier alpha value is -2.04. The van der Waals surface area contributed by atoms with Crippen molar-refractivity contribution < 1.29 is 14.7 Å². The van der Waals surface area contributed by atoms with E-state index >= 15 is 0 Å². The molecule has 0 aliphatic heterocycles. The number of nitrogens with one attached hydrogen (secondary N) is 1. The predicted octanol–water partition coefficient (Wildman–Crippen LogP) is 2.59. The second-order valence-electron chi connectivity index (χ2n) is 6.48. The molecular formula is C15H20N2O3. The lowest BCUT2D eigenvalue weighted by atomic mass is 10.0. The molecule has 20 heavy (non-hydrogen) atoms. The molecule has 0 heterocycles. The lowest BCUT2D eigenvalue weighted by molar-refractivity contribution is -0.118. The minimum Gasteiger partial charge on any atom is -0.478 e. The Balaban J connectivity index is 2.26. The van der Waals surface area contributed by atoms with E-state index in [4.69, 9.17) is 10.8 Å². The van der Waals surface area contributed by atoms with Crippen molar-refractivity contribution >= 4 is 23.3 Å². The summed E-state index contributed by atoms with van der Waals surface area (Å²) in [7, 11) is 0. The van der Waals surface area contributed by atoms with Gasteiger partial charge in [-0.1, -0.05) is 27.7 Å². The zero-order valence-corrected chi connectivity index (χ0v) is 12.2. The number of anilines is 2. The molecule has 2 rings (SSSR count). The van der Waals surface area contributed by atoms with Crippen LogP contribution in [0.3, 0.4) is 0 Å². The molecule has 1 aromatic rings. The summed E-state index contributed by atoms with van der Waals surface area (Å²) in [6, 6.07) is 4.38. The Morgan fingerprint density at radius 3 is 2.20 bits per heavy atom. The summed E-state index contributed by atoms with van der Waals surface area (Å²) in [6.07, 6.45) is 0. The molecule has 1 fully saturated rings. The normalized spacial score (nSPS) is 19.4. The van der Waals surface area contributed by atoms with Gasteiger partial charge in [-0.25, -0.2) is 4.79 Å². The van der Waals surface area contributed by atoms with E-state index in [0.717, 1.165) is 0 Å². The number of hydrogen-bond donors (Lipinski definition) is 3. The average molecular weight is 276 g/mol. The maximum absolute atomic E-state index is 12.3. The summed E-state index contributed by atoms with van der Waals surface area (Å²) in [5.74, 6) is -1.39. The van der Waals surface area contributed by atoms with Crippen LogP contribution in [0.4, 0.5) is 11.4 Å². The van der Waals surface area contributed by atoms with Crippen molar-refractivity contribution in [2.24, 2.45) is 16.7 Å². The summed E-state index contributed by atoms with van der Waals surface area (Å²) in [5, 5.41) is 11.8. The SMILES string of the molecule is CC1(C)C(C(=O)Nc2cc(N)ccc2C(=O)O)C1(C)C. The number of carboxylic acid groups (broad SMARTS) is 1. The smallest absolute Gasteiger partial charge is 0.337 e. The van der Waals surface area contributed by atoms with Crippen LogP contribution in [0, 0.1) is 16.7 Å². The van der Waals surface area contributed by atoms with Crippen LogP contribution in [0.2, 0.25) is 0 Å². The number of carbonyl (C=O) groups excluding carboxylic acids is 1. The van der Waals surface area contributed by atoms with Gasteiger partial charge < -0.3 is 16.2 Å². The zero-order valence-electron chi connectivity index (χ0n) is 12.2. The fourth-order valence-corrected chi connectivity index (χ4v) is 2.91. The summed E-state index contributed by atoms with van der Waals surface area (Å²) in [5.41, 5.74) is 6.18. The lowest BCUT2D eigenvalue weighted by Crippen LogP contribution is -2.19. The van der Waals surface area contributed by atoms with Crippen LogP contribution in [0.5, 0.6) is 0 Å². The fourth-order valence-electron chi connectivity index (χ4n) is 2.91. The second kappa shape index (κ2) is 4.23. The van der Waals surface area contributed by atoms with Crippen LogP contribution >= 0.6 is 0 Å². The highest BCUT2D eigenvalue weighted by atomic mass is 16.4. The van der Waals surface area contributed by atoms with E-state index < -0.39 is 5.97 Å². The van der Waals surface area contributed by atoms with Crippen LogP contribution in [-0.2, 0) is 4.79 Å². The molecule has 0 unspecified atom stereocenters. The maximum Gasteiger partial charge on any atom is 0.337 e. The van der Waals surface area contributed by atoms with Crippen molar-refractivity contribution in [3.05, 3.63) is 23.8 Å². The molecule has 4 N–H and O–H groups in total. The van der Waals surface area contributed by atoms with Crippen LogP contribution < -0.4 is 11.1 Å². The third-order valence-corrected chi connectivity index (χ3v) is 4.81. The van der Waals surface area contributed by atoms with Gasteiger partial charge in [0.05, 0.1) is 11.3 Å². The molecule has 0 radical (unpaired) electrons. The van der Waals surface area contributed by atoms with Crippen LogP contribution in [0.1, 0.15) is 38.1 Å². The molecular weight excluding hydrogens is 256 g/mol. The topological polar surface area (TPSA) is 92.4 Å². The van der Waals surface area contributed by atoms with Gasteiger partial charge in [0.1, 0.15) is 0 Å². The number of amides is 1. The first-order valence-electron chi connectivity index (χ1n) is 6.52. The minimum absolute atomic E-state index is 0.0452. The highest BCUT2D eigenvalue weighted by Gasteiger charge is 2.68. The summed E-state index contributed by atoms with van der Waals surface area (Å²) < 4.78 is 0. The minimum atomic E-state index is -1.09. The fraction of sp³-hybridized carbons (Fsp3) is 0.467. The van der Waals surface area contributed by atoms with Gasteiger partial charge in [0.25, 0.3) is 0 Å². The van der Waals surface area contributed by atoms with Crippen molar-refractivity contribution in [1.82, 2.24) is 0 Å². The van der Waals surface area contributed by atoms with Gasteiger partial charge in [0, 0.05) is 11.6 Å². The van der Waals surface area contributed by atoms with E-state index in [2.05, 4.69) is 5.32 Å². The number of carboxylic acids is 1. The number of carbonyl (C=O) groups is 2. The first-order chi connectivity index (χ1) is 9.09. The number of nitrogens with two attached hydrogens (primary N) is 1. The molecule has 5 nitrogen and oxygen atoms in total. The van der Waals surface area contributed by atoms with Gasteiger partial charge in [-0.2, -0.15) is 0 Å². The van der Waals surface area contributed by atoms with E-state index in [1.807, 2.05) is 27.7 Å². The quantitative estimate of drug-likeness (QED) is 0.740. The van der Waals surface area contributed by atoms with Gasteiger partial charge in [-0.05, 0) is 29.0 Å². The Bertz CT molecular complexity index is 577. The van der Waals surface area contributed by atoms with E-state index in [0.29, 0.717) is 5.69 Å². The molecule has 0 atom stereocenters. The largest absolute Gasteiger partial charge is 0.478 e. The Morgan fingerprint density at radius 2 is 1.75 bits per heavy atom. The number of rotatable bonds is 3. The first-order valence-corrected chi connectivity index (χ1v) is 6.52. The number of hydrogen-bond acceptors (Lipinski definition) is 3. The van der Waals surface area contributed by atoms with Gasteiger partial charge in [-0.3, -0.25) is 4.79 Å². The summed E-state index contributed by atoms with van der Waals surface area (Å²) in [4.78, 5) is 23.5. The maximum atomic E-state index is 12.3. The number of aromatic carboxylic acids is 1. The van der Waals surface area contributed by atoms with Crippen molar-refractivity contribution in [3.63, 3.8) is 0 Å². The molecule has 1 aromatic carbocycles. The van der Waals surface area contributed by atoms with Crippen LogP contribution in [0.15, 0.2) is 18.2 Å². The molecule has 1 aliphatic rings. The molecule has 0 saturated heterocycles. The van der Waals surface area contributed by atoms with Crippen LogP contribution in [-0.4, -0.2) is 17.0 Å². The molecule has 108 valence electrons. The van der Waals surface area contributed by atoms with E-state index in [1.165, 1.54) is 18.2 Å². The Morgan fingerprint density at radius 1 is 1.20 bits per heavy atom. The second-order valence-corrected chi connectivity index (χ2v) is 6.48. The molecule has 0 bridgehead atoms. The molecule has 5 heteroatoms. The molecule has 0 aromatic heterocycles. The number of benzene rings is 1. The Kier molecular flexibility index (Phi) is 3.04. The number of nitrogen functional groups attached to an aromatic ring is 1. The first kappa shape index (κ1) is 14.4. The average Bonchev–Trinajstić information content (AvgIpc) is 2.68. The summed E-state index contributed by atoms with van der Waals surface area (Å²) in [6.45, 7) is 8.15. The van der Waals surface area contributed by atoms with Gasteiger partial charge in [0.15, 0.2) is 0 Å². The highest BCUT2D eigenvalue weighted by Crippen LogP contribution is 2.68. The lowest BCUT2D eigenvalue weighted by Gasteiger charge is -2.10. The summed E-state index contributed by atoms with van der Waals surface area (Å²) >= 11 is 0. The standard InChI is InChI=1S/C15H20N2O3/c1-14(2)11(15(14,3)4)12(18)17-10-7-8(16)5-6-9(10)13(19)20/h5-7,11H,16H2,1-4H3,(H,17,18)(H,19,20). The predicted molar refractivity (Wildman–Crippen MR) is 77.5 cm³/mol. The van der Waals surface area contributed by atoms with E-state index in [1.54, 1.807) is 0 Å². The third-order valence-electron chi connectivity index (χ3n) is 4.81. The highest BCUT2D eigenvalue weighted by molar-refractivity contribution is 6.03. The molecule has 1 aliphatic carbocycles. The van der Waals surface area contributed by atoms with Crippen LogP contribution in [0.25, 0.3) is 0 Å². The van der Waals surface area contributed by atoms with Crippen molar-refractivity contribution in [3.8, 4) is 0 Å². The van der Waals surface area contributed by atoms with Crippen molar-refractivity contribution in [2.75, 3.05) is 11.1 Å². The molecule has 1 amide bonds. The molecule has 0 spiro atoms. The molecule has 1 saturated carbocycles. The third kappa shape index (κ3) is 2.03. The van der Waals surface area contributed by atoms with Gasteiger partial charge >= 0.3 is 5.97 Å². The van der Waals surface area contributed by atoms with Crippen molar-refractivity contribution in [1.29, 1.82) is 0 Å². The zero-order chi connectivity index (χ0) is 15.3. The van der Waals surface area contributed by atoms with E-state index in [-0.39, 0.29) is 33.9 Å². The van der Waals surface area contributed by atoms with Gasteiger partial charge in [-0.15, -0.1) is 0 Å².